The number of aryl methyl sites for hydroxylation is 1. The fraction of sp³-hybridized carbons (Fsp3) is 0.267. The third-order valence-electron chi connectivity index (χ3n) is 6.69. The van der Waals surface area contributed by atoms with Crippen LogP contribution in [0.5, 0.6) is 0 Å². The molecule has 1 N–H and O–H groups in total. The van der Waals surface area contributed by atoms with E-state index in [1.165, 1.54) is 29.2 Å². The summed E-state index contributed by atoms with van der Waals surface area (Å²) >= 11 is 0. The molecule has 8 nitrogen and oxygen atoms in total. The van der Waals surface area contributed by atoms with Crippen LogP contribution in [-0.2, 0) is 17.8 Å². The van der Waals surface area contributed by atoms with Crippen LogP contribution >= 0.6 is 0 Å². The van der Waals surface area contributed by atoms with Crippen molar-refractivity contribution in [2.24, 2.45) is 0 Å². The molecule has 4 aromatic rings. The number of fused-ring (bicyclic) bond motifs is 1. The van der Waals surface area contributed by atoms with Crippen LogP contribution in [0.2, 0.25) is 0 Å². The van der Waals surface area contributed by atoms with E-state index in [9.17, 15) is 19.7 Å². The number of benzene rings is 3. The summed E-state index contributed by atoms with van der Waals surface area (Å²) in [4.78, 5) is 44.0. The second-order valence-electron chi connectivity index (χ2n) is 9.74. The highest BCUT2D eigenvalue weighted by atomic mass is 16.6. The second-order valence-corrected chi connectivity index (χ2v) is 9.74. The molecule has 196 valence electrons. The lowest BCUT2D eigenvalue weighted by molar-refractivity contribution is -0.384. The molecule has 4 rings (SSSR count). The van der Waals surface area contributed by atoms with Crippen LogP contribution in [0.1, 0.15) is 40.9 Å². The van der Waals surface area contributed by atoms with Crippen molar-refractivity contribution in [2.45, 2.75) is 39.8 Å². The number of hydrogen-bond donors (Lipinski definition) is 1. The summed E-state index contributed by atoms with van der Waals surface area (Å²) in [5.74, 6) is -0.496. The Morgan fingerprint density at radius 1 is 0.974 bits per heavy atom. The molecular formula is C30H32N4O4. The number of aromatic amines is 1. The van der Waals surface area contributed by atoms with Gasteiger partial charge in [-0.2, -0.15) is 0 Å². The van der Waals surface area contributed by atoms with Crippen molar-refractivity contribution >= 4 is 28.4 Å². The molecule has 0 unspecified atom stereocenters. The van der Waals surface area contributed by atoms with Crippen LogP contribution in [0.4, 0.5) is 5.69 Å². The maximum absolute atomic E-state index is 13.7. The van der Waals surface area contributed by atoms with E-state index in [0.29, 0.717) is 25.1 Å². The number of nitro groups is 1. The number of non-ortho nitro benzene ring substituents is 1. The van der Waals surface area contributed by atoms with Crippen LogP contribution < -0.4 is 0 Å². The minimum absolute atomic E-state index is 0.0877. The summed E-state index contributed by atoms with van der Waals surface area (Å²) in [6.07, 6.45) is 2.65. The van der Waals surface area contributed by atoms with Gasteiger partial charge < -0.3 is 14.8 Å². The van der Waals surface area contributed by atoms with E-state index in [1.807, 2.05) is 69.4 Å². The van der Waals surface area contributed by atoms with Crippen molar-refractivity contribution in [3.63, 3.8) is 0 Å². The Bertz CT molecular complexity index is 1420. The van der Waals surface area contributed by atoms with Crippen molar-refractivity contribution in [2.75, 3.05) is 13.1 Å². The molecule has 0 bridgehead atoms. The molecule has 0 aliphatic carbocycles. The summed E-state index contributed by atoms with van der Waals surface area (Å²) in [6.45, 7) is 6.56. The summed E-state index contributed by atoms with van der Waals surface area (Å²) < 4.78 is 0. The number of nitro benzene ring substituents is 1. The fourth-order valence-corrected chi connectivity index (χ4v) is 4.43. The Morgan fingerprint density at radius 2 is 1.66 bits per heavy atom. The molecule has 0 fully saturated rings. The van der Waals surface area contributed by atoms with Crippen molar-refractivity contribution in [1.29, 1.82) is 0 Å². The van der Waals surface area contributed by atoms with Crippen molar-refractivity contribution < 1.29 is 14.5 Å². The van der Waals surface area contributed by atoms with Gasteiger partial charge in [0.2, 0.25) is 5.91 Å². The minimum atomic E-state index is -0.505. The molecule has 0 spiro atoms. The summed E-state index contributed by atoms with van der Waals surface area (Å²) in [5.41, 5.74) is 4.56. The van der Waals surface area contributed by atoms with Gasteiger partial charge in [0, 0.05) is 53.9 Å². The van der Waals surface area contributed by atoms with Crippen LogP contribution in [-0.4, -0.2) is 50.7 Å². The van der Waals surface area contributed by atoms with E-state index >= 15 is 0 Å². The number of amides is 2. The van der Waals surface area contributed by atoms with Gasteiger partial charge in [-0.05, 0) is 56.5 Å². The van der Waals surface area contributed by atoms with Gasteiger partial charge in [0.15, 0.2) is 0 Å². The Labute approximate surface area is 222 Å². The fourth-order valence-electron chi connectivity index (χ4n) is 4.43. The van der Waals surface area contributed by atoms with E-state index < -0.39 is 4.92 Å². The molecule has 0 saturated carbocycles. The van der Waals surface area contributed by atoms with E-state index in [1.54, 1.807) is 4.90 Å². The quantitative estimate of drug-likeness (QED) is 0.224. The van der Waals surface area contributed by atoms with Gasteiger partial charge >= 0.3 is 0 Å². The summed E-state index contributed by atoms with van der Waals surface area (Å²) in [6, 6.07) is 21.4. The molecule has 0 aliphatic rings. The zero-order valence-electron chi connectivity index (χ0n) is 21.9. The summed E-state index contributed by atoms with van der Waals surface area (Å²) in [5, 5.41) is 12.1. The molecule has 1 aromatic heterocycles. The molecule has 38 heavy (non-hydrogen) atoms. The maximum atomic E-state index is 13.7. The molecule has 3 aromatic carbocycles. The largest absolute Gasteiger partial charge is 0.361 e. The second kappa shape index (κ2) is 11.7. The molecule has 2 amide bonds. The topological polar surface area (TPSA) is 99.6 Å². The minimum Gasteiger partial charge on any atom is -0.361 e. The molecule has 0 saturated heterocycles. The molecule has 1 heterocycles. The predicted octanol–water partition coefficient (Wildman–Crippen LogP) is 5.51. The number of hydrogen-bond acceptors (Lipinski definition) is 4. The monoisotopic (exact) mass is 512 g/mol. The lowest BCUT2D eigenvalue weighted by atomic mass is 10.1. The van der Waals surface area contributed by atoms with Gasteiger partial charge in [0.1, 0.15) is 6.54 Å². The lowest BCUT2D eigenvalue weighted by Gasteiger charge is -2.30. The Hall–Kier alpha value is -4.46. The highest BCUT2D eigenvalue weighted by molar-refractivity contribution is 5.97. The standard InChI is InChI=1S/C30H32N4O4/c1-21(2)33(30(36)24-12-14-26(15-13-24)34(37)38)20-29(35)32(19-23-10-8-22(3)9-11-23)17-16-25-18-31-28-7-5-4-6-27(25)28/h4-15,18,21,31H,16-17,19-20H2,1-3H3. The smallest absolute Gasteiger partial charge is 0.269 e. The first kappa shape index (κ1) is 26.6. The highest BCUT2D eigenvalue weighted by Gasteiger charge is 2.25. The van der Waals surface area contributed by atoms with Crippen molar-refractivity contribution in [3.05, 3.63) is 111 Å². The Kier molecular flexibility index (Phi) is 8.21. The molecule has 0 radical (unpaired) electrons. The average molecular weight is 513 g/mol. The molecule has 8 heteroatoms. The third kappa shape index (κ3) is 6.26. The highest BCUT2D eigenvalue weighted by Crippen LogP contribution is 2.20. The van der Waals surface area contributed by atoms with Crippen LogP contribution in [0, 0.1) is 17.0 Å². The number of nitrogens with zero attached hydrogens (tertiary/aromatic N) is 3. The van der Waals surface area contributed by atoms with Gasteiger partial charge in [-0.15, -0.1) is 0 Å². The number of para-hydroxylation sites is 1. The first-order chi connectivity index (χ1) is 18.2. The zero-order valence-corrected chi connectivity index (χ0v) is 21.9. The Balaban J connectivity index is 1.54. The van der Waals surface area contributed by atoms with Crippen LogP contribution in [0.25, 0.3) is 10.9 Å². The number of aromatic nitrogens is 1. The third-order valence-corrected chi connectivity index (χ3v) is 6.69. The first-order valence-electron chi connectivity index (χ1n) is 12.7. The van der Waals surface area contributed by atoms with Crippen LogP contribution in [0.3, 0.4) is 0 Å². The van der Waals surface area contributed by atoms with Gasteiger partial charge in [-0.1, -0.05) is 48.0 Å². The van der Waals surface area contributed by atoms with E-state index in [4.69, 9.17) is 0 Å². The first-order valence-corrected chi connectivity index (χ1v) is 12.7. The van der Waals surface area contributed by atoms with Gasteiger partial charge in [-0.25, -0.2) is 0 Å². The number of H-pyrrole nitrogens is 1. The zero-order chi connectivity index (χ0) is 27.2. The van der Waals surface area contributed by atoms with Crippen molar-refractivity contribution in [1.82, 2.24) is 14.8 Å². The molecule has 0 atom stereocenters. The number of carbonyl (C=O) groups excluding carboxylic acids is 2. The van der Waals surface area contributed by atoms with E-state index in [-0.39, 0.29) is 30.1 Å². The molecule has 0 aliphatic heterocycles. The maximum Gasteiger partial charge on any atom is 0.269 e. The predicted molar refractivity (Wildman–Crippen MR) is 148 cm³/mol. The number of rotatable bonds is 10. The van der Waals surface area contributed by atoms with Gasteiger partial charge in [0.25, 0.3) is 11.6 Å². The Morgan fingerprint density at radius 3 is 2.32 bits per heavy atom. The van der Waals surface area contributed by atoms with Crippen molar-refractivity contribution in [3.8, 4) is 0 Å². The number of carbonyl (C=O) groups is 2. The van der Waals surface area contributed by atoms with E-state index in [2.05, 4.69) is 11.1 Å². The van der Waals surface area contributed by atoms with Crippen LogP contribution in [0.15, 0.2) is 79.0 Å². The normalized spacial score (nSPS) is 11.1. The average Bonchev–Trinajstić information content (AvgIpc) is 3.33. The molecular weight excluding hydrogens is 480 g/mol. The number of nitrogens with one attached hydrogen (secondary N) is 1. The SMILES string of the molecule is Cc1ccc(CN(CCc2c[nH]c3ccccc23)C(=O)CN(C(=O)c2ccc([N+](=O)[O-])cc2)C(C)C)cc1. The van der Waals surface area contributed by atoms with Gasteiger partial charge in [-0.3, -0.25) is 19.7 Å². The lowest BCUT2D eigenvalue weighted by Crippen LogP contribution is -2.46. The summed E-state index contributed by atoms with van der Waals surface area (Å²) in [7, 11) is 0. The van der Waals surface area contributed by atoms with E-state index in [0.717, 1.165) is 27.6 Å². The van der Waals surface area contributed by atoms with Gasteiger partial charge in [0.05, 0.1) is 4.92 Å².